The largest absolute Gasteiger partial charge is 0.453 e. The molecule has 0 aliphatic carbocycles. The number of para-hydroxylation sites is 8. The molecule has 8 rings (SSSR count). The Morgan fingerprint density at radius 3 is 1.69 bits per heavy atom. The molecule has 0 spiro atoms. The first-order valence-corrected chi connectivity index (χ1v) is 18.9. The van der Waals surface area contributed by atoms with E-state index in [1.54, 1.807) is 12.3 Å². The zero-order chi connectivity index (χ0) is 36.0. The number of ether oxygens (including phenoxy) is 2. The number of hydrogen-bond donors (Lipinski definition) is 1. The highest BCUT2D eigenvalue weighted by atomic mass is 35.5. The van der Waals surface area contributed by atoms with Crippen LogP contribution >= 0.6 is 11.6 Å². The Morgan fingerprint density at radius 1 is 0.788 bits per heavy atom. The van der Waals surface area contributed by atoms with E-state index in [1.165, 1.54) is 0 Å². The molecule has 0 bridgehead atoms. The summed E-state index contributed by atoms with van der Waals surface area (Å²) in [5.41, 5.74) is 1.42. The maximum Gasteiger partial charge on any atom is 0.271 e. The minimum Gasteiger partial charge on any atom is -0.453 e. The third-order valence-electron chi connectivity index (χ3n) is 9.61. The number of hydrogen-bond acceptors (Lipinski definition) is 10. The van der Waals surface area contributed by atoms with E-state index in [2.05, 4.69) is 0 Å². The van der Waals surface area contributed by atoms with Crippen molar-refractivity contribution in [3.63, 3.8) is 0 Å². The summed E-state index contributed by atoms with van der Waals surface area (Å²) in [6.07, 6.45) is 4.51. The van der Waals surface area contributed by atoms with E-state index in [0.717, 1.165) is 0 Å². The zero-order valence-electron chi connectivity index (χ0n) is 28.4. The molecule has 0 saturated carbocycles. The fourth-order valence-corrected chi connectivity index (χ4v) is 8.41. The molecule has 52 heavy (non-hydrogen) atoms. The fraction of sp³-hybridized carbons (Fsp3) is 0.205. The number of benzene rings is 4. The van der Waals surface area contributed by atoms with E-state index < -0.39 is 27.2 Å². The van der Waals surface area contributed by atoms with Crippen LogP contribution in [0.5, 0.6) is 23.0 Å². The second-order valence-electron chi connectivity index (χ2n) is 12.6. The third-order valence-corrected chi connectivity index (χ3v) is 11.0. The van der Waals surface area contributed by atoms with Gasteiger partial charge in [-0.25, -0.2) is 9.97 Å². The van der Waals surface area contributed by atoms with Crippen molar-refractivity contribution >= 4 is 50.2 Å². The number of nitrogens with zero attached hydrogens (tertiary/aromatic N) is 6. The highest BCUT2D eigenvalue weighted by Gasteiger charge is 2.57. The number of halogens is 1. The van der Waals surface area contributed by atoms with Gasteiger partial charge in [0.25, 0.3) is 10.1 Å². The Morgan fingerprint density at radius 2 is 1.27 bits per heavy atom. The number of fused-ring (bicyclic) bond motifs is 4. The number of aromatic nitrogens is 2. The summed E-state index contributed by atoms with van der Waals surface area (Å²) in [5.74, 6) is 2.25. The number of allylic oxidation sites excluding steroid dienone is 1. The molecule has 2 atom stereocenters. The van der Waals surface area contributed by atoms with Gasteiger partial charge in [-0.2, -0.15) is 8.42 Å². The highest BCUT2D eigenvalue weighted by Crippen LogP contribution is 2.60. The Labute approximate surface area is 307 Å². The van der Waals surface area contributed by atoms with Crippen molar-refractivity contribution < 1.29 is 22.4 Å². The van der Waals surface area contributed by atoms with Gasteiger partial charge in [-0.3, -0.25) is 9.55 Å². The van der Waals surface area contributed by atoms with Crippen LogP contribution in [0.25, 0.3) is 0 Å². The first-order chi connectivity index (χ1) is 25.2. The molecule has 2 unspecified atom stereocenters. The summed E-state index contributed by atoms with van der Waals surface area (Å²) in [5, 5.41) is -1.38. The van der Waals surface area contributed by atoms with E-state index in [1.807, 2.05) is 138 Å². The van der Waals surface area contributed by atoms with Crippen LogP contribution in [0.3, 0.4) is 0 Å². The molecule has 0 radical (unpaired) electrons. The summed E-state index contributed by atoms with van der Waals surface area (Å²) >= 11 is 6.74. The van der Waals surface area contributed by atoms with Crippen molar-refractivity contribution in [1.29, 1.82) is 0 Å². The van der Waals surface area contributed by atoms with Gasteiger partial charge in [0.2, 0.25) is 0 Å². The predicted molar refractivity (Wildman–Crippen MR) is 202 cm³/mol. The molecule has 4 heterocycles. The lowest BCUT2D eigenvalue weighted by atomic mass is 9.90. The van der Waals surface area contributed by atoms with E-state index in [9.17, 15) is 13.0 Å². The van der Waals surface area contributed by atoms with Crippen LogP contribution < -0.4 is 19.3 Å². The zero-order valence-corrected chi connectivity index (χ0v) is 29.9. The fourth-order valence-electron chi connectivity index (χ4n) is 7.31. The van der Waals surface area contributed by atoms with Crippen molar-refractivity contribution in [2.24, 2.45) is 4.99 Å². The molecule has 5 aromatic rings. The van der Waals surface area contributed by atoms with Crippen LogP contribution in [-0.2, 0) is 15.8 Å². The highest BCUT2D eigenvalue weighted by molar-refractivity contribution is 7.86. The van der Waals surface area contributed by atoms with Crippen molar-refractivity contribution in [3.8, 4) is 23.0 Å². The van der Waals surface area contributed by atoms with Crippen molar-refractivity contribution in [2.45, 2.75) is 43.8 Å². The summed E-state index contributed by atoms with van der Waals surface area (Å²) in [7, 11) is -4.86. The lowest BCUT2D eigenvalue weighted by Gasteiger charge is -2.55. The summed E-state index contributed by atoms with van der Waals surface area (Å²) in [4.78, 5) is 20.6. The summed E-state index contributed by atoms with van der Waals surface area (Å²) in [6.45, 7) is 4.31. The minimum atomic E-state index is -4.86. The van der Waals surface area contributed by atoms with Crippen molar-refractivity contribution in [1.82, 2.24) is 14.9 Å². The average molecular weight is 735 g/mol. The van der Waals surface area contributed by atoms with Gasteiger partial charge < -0.3 is 24.2 Å². The van der Waals surface area contributed by atoms with Crippen molar-refractivity contribution in [3.05, 3.63) is 133 Å². The van der Waals surface area contributed by atoms with E-state index in [-0.39, 0.29) is 17.4 Å². The molecule has 3 aliphatic heterocycles. The molecule has 1 N–H and O–H groups in total. The quantitative estimate of drug-likeness (QED) is 0.116. The average Bonchev–Trinajstić information content (AvgIpc) is 3.16. The molecule has 264 valence electrons. The van der Waals surface area contributed by atoms with Gasteiger partial charge in [-0.15, -0.1) is 0 Å². The molecule has 0 amide bonds. The van der Waals surface area contributed by atoms with Gasteiger partial charge in [0.05, 0.1) is 22.7 Å². The van der Waals surface area contributed by atoms with Gasteiger partial charge >= 0.3 is 0 Å². The summed E-state index contributed by atoms with van der Waals surface area (Å²) in [6, 6.07) is 31.6. The number of anilines is 4. The van der Waals surface area contributed by atoms with Gasteiger partial charge in [0, 0.05) is 31.1 Å². The predicted octanol–water partition coefficient (Wildman–Crippen LogP) is 8.84. The van der Waals surface area contributed by atoms with Crippen LogP contribution in [0.4, 0.5) is 22.7 Å². The normalized spacial score (nSPS) is 16.8. The van der Waals surface area contributed by atoms with E-state index in [4.69, 9.17) is 36.0 Å². The van der Waals surface area contributed by atoms with Crippen LogP contribution in [0, 0.1) is 0 Å². The molecule has 0 saturated heterocycles. The Balaban J connectivity index is 1.54. The second-order valence-corrected chi connectivity index (χ2v) is 14.6. The molecule has 3 aliphatic rings. The molecular formula is C39H35ClN6O5S. The van der Waals surface area contributed by atoms with Crippen LogP contribution in [-0.4, -0.2) is 51.5 Å². The Hall–Kier alpha value is -5.43. The lowest BCUT2D eigenvalue weighted by molar-refractivity contribution is 0.239. The number of aliphatic imine (C=N–C) groups is 1. The topological polar surface area (TPSA) is 121 Å². The molecular weight excluding hydrogens is 700 g/mol. The van der Waals surface area contributed by atoms with E-state index >= 15 is 0 Å². The molecule has 11 nitrogen and oxygen atoms in total. The minimum absolute atomic E-state index is 0.143. The molecule has 4 aromatic carbocycles. The summed E-state index contributed by atoms with van der Waals surface area (Å²) < 4.78 is 52.6. The Kier molecular flexibility index (Phi) is 8.60. The van der Waals surface area contributed by atoms with Gasteiger partial charge in [-0.1, -0.05) is 67.1 Å². The molecule has 0 fully saturated rings. The monoisotopic (exact) mass is 734 g/mol. The van der Waals surface area contributed by atoms with Gasteiger partial charge in [-0.05, 0) is 74.0 Å². The van der Waals surface area contributed by atoms with Gasteiger partial charge in [0.1, 0.15) is 16.6 Å². The van der Waals surface area contributed by atoms with Crippen LogP contribution in [0.1, 0.15) is 32.5 Å². The maximum atomic E-state index is 14.1. The van der Waals surface area contributed by atoms with Crippen molar-refractivity contribution in [2.75, 3.05) is 16.3 Å². The SMILES string of the molecule is CCC1=NC(C(CC(c2nccc(Cl)n2)(N2c3ccccc3Oc3ccccc32)N2c3ccccc3Oc3ccccc32)S(=O)(=O)O)N(CC)C=C1. The van der Waals surface area contributed by atoms with E-state index in [0.29, 0.717) is 64.4 Å². The van der Waals surface area contributed by atoms with Gasteiger partial charge in [0.15, 0.2) is 34.5 Å². The molecule has 1 aromatic heterocycles. The van der Waals surface area contributed by atoms with Crippen LogP contribution in [0.15, 0.2) is 127 Å². The molecule has 13 heteroatoms. The Bertz CT molecular complexity index is 2150. The smallest absolute Gasteiger partial charge is 0.271 e. The number of rotatable bonds is 9. The maximum absolute atomic E-state index is 14.1. The first kappa shape index (κ1) is 33.7. The first-order valence-electron chi connectivity index (χ1n) is 17.0. The van der Waals surface area contributed by atoms with Crippen LogP contribution in [0.2, 0.25) is 5.15 Å². The lowest BCUT2D eigenvalue weighted by Crippen LogP contribution is -2.61. The standard InChI is InChI=1S/C39H35ClN6O5S/c1-3-26-22-24-44(4-2)37(42-26)35(52(47,48)49)25-39(38-41-23-21-36(40)43-38,45-27-13-5-9-17-31(27)50-32-18-10-6-14-28(32)45)46-29-15-7-11-19-33(29)51-34-20-12-8-16-30(34)46/h5-24,35,37H,3-4,25H2,1-2H3,(H,47,48,49). The third kappa shape index (κ3) is 5.63. The second kappa shape index (κ2) is 13.3.